The summed E-state index contributed by atoms with van der Waals surface area (Å²) in [6, 6.07) is 0.540. The summed E-state index contributed by atoms with van der Waals surface area (Å²) in [6.07, 6.45) is 3.67. The first-order valence-electron chi connectivity index (χ1n) is 4.32. The molecule has 0 aromatic heterocycles. The molecule has 0 heterocycles. The lowest BCUT2D eigenvalue weighted by atomic mass is 10.2. The molecule has 0 spiro atoms. The zero-order valence-electron chi connectivity index (χ0n) is 7.40. The van der Waals surface area contributed by atoms with E-state index in [1.165, 1.54) is 12.8 Å². The molecule has 2 nitrogen and oxygen atoms in total. The van der Waals surface area contributed by atoms with Gasteiger partial charge < -0.3 is 8.38 Å². The standard InChI is InChI=1S/C8H18INO/c1-3-5-6-10-8(4-2)7-11-9/h8,10H,3-7H2,1-2H3. The Hall–Kier alpha value is 0.650. The normalized spacial score (nSPS) is 13.4. The Morgan fingerprint density at radius 2 is 2.18 bits per heavy atom. The van der Waals surface area contributed by atoms with Gasteiger partial charge in [0.1, 0.15) is 23.0 Å². The summed E-state index contributed by atoms with van der Waals surface area (Å²) in [5.74, 6) is 0. The largest absolute Gasteiger partial charge is 0.314 e. The molecule has 0 aromatic carbocycles. The van der Waals surface area contributed by atoms with Crippen LogP contribution in [0.15, 0.2) is 0 Å². The molecule has 11 heavy (non-hydrogen) atoms. The van der Waals surface area contributed by atoms with Crippen LogP contribution in [0.2, 0.25) is 0 Å². The smallest absolute Gasteiger partial charge is 0.109 e. The van der Waals surface area contributed by atoms with Crippen LogP contribution in [0.5, 0.6) is 0 Å². The van der Waals surface area contributed by atoms with Gasteiger partial charge >= 0.3 is 0 Å². The second-order valence-corrected chi connectivity index (χ2v) is 3.31. The van der Waals surface area contributed by atoms with Gasteiger partial charge in [-0.2, -0.15) is 0 Å². The van der Waals surface area contributed by atoms with Crippen LogP contribution in [-0.4, -0.2) is 19.2 Å². The van der Waals surface area contributed by atoms with Crippen molar-refractivity contribution in [3.05, 3.63) is 0 Å². The van der Waals surface area contributed by atoms with Gasteiger partial charge in [-0.3, -0.25) is 0 Å². The van der Waals surface area contributed by atoms with Crippen LogP contribution in [0.4, 0.5) is 0 Å². The Labute approximate surface area is 83.8 Å². The summed E-state index contributed by atoms with van der Waals surface area (Å²) in [5.41, 5.74) is 0. The Morgan fingerprint density at radius 3 is 2.64 bits per heavy atom. The summed E-state index contributed by atoms with van der Waals surface area (Å²) in [4.78, 5) is 0. The van der Waals surface area contributed by atoms with Crippen molar-refractivity contribution in [2.45, 2.75) is 39.2 Å². The average Bonchev–Trinajstić information content (AvgIpc) is 2.03. The van der Waals surface area contributed by atoms with Gasteiger partial charge in [0.2, 0.25) is 0 Å². The lowest BCUT2D eigenvalue weighted by molar-refractivity contribution is 0.330. The zero-order chi connectivity index (χ0) is 8.53. The van der Waals surface area contributed by atoms with Gasteiger partial charge in [0.25, 0.3) is 0 Å². The van der Waals surface area contributed by atoms with Gasteiger partial charge in [-0.15, -0.1) is 0 Å². The fourth-order valence-corrected chi connectivity index (χ4v) is 1.31. The van der Waals surface area contributed by atoms with Crippen LogP contribution in [0.1, 0.15) is 33.1 Å². The molecule has 0 saturated heterocycles. The summed E-state index contributed by atoms with van der Waals surface area (Å²) < 4.78 is 5.03. The van der Waals surface area contributed by atoms with Gasteiger partial charge in [0, 0.05) is 6.04 Å². The molecule has 0 aliphatic carbocycles. The van der Waals surface area contributed by atoms with E-state index in [0.29, 0.717) is 6.04 Å². The Morgan fingerprint density at radius 1 is 1.45 bits per heavy atom. The molecule has 1 N–H and O–H groups in total. The highest BCUT2D eigenvalue weighted by molar-refractivity contribution is 14.1. The molecule has 1 unspecified atom stereocenters. The van der Waals surface area contributed by atoms with Crippen LogP contribution in [0.25, 0.3) is 0 Å². The lowest BCUT2D eigenvalue weighted by Crippen LogP contribution is -2.32. The van der Waals surface area contributed by atoms with E-state index in [2.05, 4.69) is 19.2 Å². The summed E-state index contributed by atoms with van der Waals surface area (Å²) >= 11 is 1.95. The predicted octanol–water partition coefficient (Wildman–Crippen LogP) is 2.52. The van der Waals surface area contributed by atoms with Crippen molar-refractivity contribution in [1.82, 2.24) is 5.32 Å². The highest BCUT2D eigenvalue weighted by atomic mass is 127. The van der Waals surface area contributed by atoms with E-state index in [9.17, 15) is 0 Å². The zero-order valence-corrected chi connectivity index (χ0v) is 9.56. The highest BCUT2D eigenvalue weighted by Crippen LogP contribution is 1.96. The Bertz CT molecular complexity index is 80.5. The molecule has 0 fully saturated rings. The van der Waals surface area contributed by atoms with E-state index < -0.39 is 0 Å². The third-order valence-corrected chi connectivity index (χ3v) is 2.08. The van der Waals surface area contributed by atoms with Gasteiger partial charge in [-0.05, 0) is 19.4 Å². The molecule has 0 rings (SSSR count). The second kappa shape index (κ2) is 8.74. The van der Waals surface area contributed by atoms with Gasteiger partial charge in [-0.25, -0.2) is 0 Å². The van der Waals surface area contributed by atoms with Crippen molar-refractivity contribution >= 4 is 23.0 Å². The number of rotatable bonds is 7. The molecule has 1 atom stereocenters. The van der Waals surface area contributed by atoms with Crippen LogP contribution >= 0.6 is 23.0 Å². The first-order chi connectivity index (χ1) is 5.35. The highest BCUT2D eigenvalue weighted by Gasteiger charge is 2.02. The van der Waals surface area contributed by atoms with Gasteiger partial charge in [0.15, 0.2) is 0 Å². The number of nitrogens with one attached hydrogen (secondary N) is 1. The number of halogens is 1. The van der Waals surface area contributed by atoms with Crippen LogP contribution in [0.3, 0.4) is 0 Å². The molecule has 0 aliphatic rings. The minimum absolute atomic E-state index is 0.540. The summed E-state index contributed by atoms with van der Waals surface area (Å²) in [5, 5.41) is 3.44. The van der Waals surface area contributed by atoms with Crippen molar-refractivity contribution in [3.8, 4) is 0 Å². The third kappa shape index (κ3) is 7.03. The van der Waals surface area contributed by atoms with Gasteiger partial charge in [-0.1, -0.05) is 20.3 Å². The lowest BCUT2D eigenvalue weighted by Gasteiger charge is -2.14. The summed E-state index contributed by atoms with van der Waals surface area (Å²) in [6.45, 7) is 6.33. The fraction of sp³-hybridized carbons (Fsp3) is 1.00. The minimum Gasteiger partial charge on any atom is -0.314 e. The maximum absolute atomic E-state index is 5.03. The van der Waals surface area contributed by atoms with E-state index in [0.717, 1.165) is 19.6 Å². The molecule has 0 aromatic rings. The molecule has 0 aliphatic heterocycles. The van der Waals surface area contributed by atoms with Crippen molar-refractivity contribution < 1.29 is 3.07 Å². The van der Waals surface area contributed by atoms with Gasteiger partial charge in [0.05, 0.1) is 6.61 Å². The predicted molar refractivity (Wildman–Crippen MR) is 57.0 cm³/mol. The molecule has 68 valence electrons. The molecule has 3 heteroatoms. The molecule has 0 bridgehead atoms. The first kappa shape index (κ1) is 11.6. The maximum atomic E-state index is 5.03. The number of hydrogen-bond acceptors (Lipinski definition) is 2. The minimum atomic E-state index is 0.540. The third-order valence-electron chi connectivity index (χ3n) is 1.72. The van der Waals surface area contributed by atoms with Crippen LogP contribution < -0.4 is 5.32 Å². The summed E-state index contributed by atoms with van der Waals surface area (Å²) in [7, 11) is 0. The van der Waals surface area contributed by atoms with Crippen molar-refractivity contribution in [2.24, 2.45) is 0 Å². The van der Waals surface area contributed by atoms with E-state index in [-0.39, 0.29) is 0 Å². The molecule has 0 radical (unpaired) electrons. The van der Waals surface area contributed by atoms with Crippen molar-refractivity contribution in [2.75, 3.05) is 13.2 Å². The maximum Gasteiger partial charge on any atom is 0.109 e. The van der Waals surface area contributed by atoms with E-state index in [4.69, 9.17) is 3.07 Å². The molecule has 0 saturated carbocycles. The average molecular weight is 271 g/mol. The number of hydrogen-bond donors (Lipinski definition) is 1. The van der Waals surface area contributed by atoms with E-state index >= 15 is 0 Å². The van der Waals surface area contributed by atoms with E-state index in [1.54, 1.807) is 0 Å². The van der Waals surface area contributed by atoms with Crippen molar-refractivity contribution in [1.29, 1.82) is 0 Å². The van der Waals surface area contributed by atoms with Crippen LogP contribution in [-0.2, 0) is 3.07 Å². The van der Waals surface area contributed by atoms with Crippen LogP contribution in [0, 0.1) is 0 Å². The quantitative estimate of drug-likeness (QED) is 0.567. The first-order valence-corrected chi connectivity index (χ1v) is 5.20. The molecular weight excluding hydrogens is 253 g/mol. The Kier molecular flexibility index (Phi) is 9.26. The SMILES string of the molecule is CCCCNC(CC)COI. The molecular formula is C8H18INO. The van der Waals surface area contributed by atoms with E-state index in [1.807, 2.05) is 23.0 Å². The topological polar surface area (TPSA) is 21.3 Å². The second-order valence-electron chi connectivity index (χ2n) is 2.69. The Balaban J connectivity index is 3.20. The van der Waals surface area contributed by atoms with Crippen molar-refractivity contribution in [3.63, 3.8) is 0 Å². The monoisotopic (exact) mass is 271 g/mol. The molecule has 0 amide bonds. The number of unbranched alkanes of at least 4 members (excludes halogenated alkanes) is 1. The fourth-order valence-electron chi connectivity index (χ4n) is 0.880.